The zero-order chi connectivity index (χ0) is 44.2. The first-order valence-corrected chi connectivity index (χ1v) is 31.6. The molecule has 1 aromatic heterocycles. The second-order valence-electron chi connectivity index (χ2n) is 20.9. The van der Waals surface area contributed by atoms with Gasteiger partial charge in [-0.05, 0) is 107 Å². The highest BCUT2D eigenvalue weighted by molar-refractivity contribution is 7.91. The monoisotopic (exact) mass is 882 g/mol. The molecule has 0 aliphatic rings. The molecule has 0 saturated carbocycles. The van der Waals surface area contributed by atoms with Crippen LogP contribution in [0.2, 0.25) is 54.4 Å². The molecule has 4 rings (SSSR count). The first-order chi connectivity index (χ1) is 27.1. The van der Waals surface area contributed by atoms with Gasteiger partial charge in [-0.15, -0.1) is 0 Å². The molecular weight excluding hydrogens is 809 g/mol. The van der Waals surface area contributed by atoms with E-state index < -0.39 is 40.9 Å². The van der Waals surface area contributed by atoms with Crippen LogP contribution in [0.4, 0.5) is 0 Å². The zero-order valence-corrected chi connectivity index (χ0v) is 42.7. The summed E-state index contributed by atoms with van der Waals surface area (Å²) in [6, 6.07) is 23.6. The fraction of sp³-hybridized carbons (Fsp3) is 0.622. The summed E-state index contributed by atoms with van der Waals surface area (Å²) in [5.41, 5.74) is 0.586. The lowest BCUT2D eigenvalue weighted by atomic mass is 9.93. The summed E-state index contributed by atoms with van der Waals surface area (Å²) in [5.74, 6) is 0.514. The molecule has 0 N–H and O–H groups in total. The number of fused-ring (bicyclic) bond motifs is 1. The fourth-order valence-electron chi connectivity index (χ4n) is 6.28. The Morgan fingerprint density at radius 3 is 1.83 bits per heavy atom. The van der Waals surface area contributed by atoms with Crippen molar-refractivity contribution in [3.8, 4) is 11.4 Å². The second kappa shape index (κ2) is 18.7. The molecule has 0 saturated heterocycles. The Balaban J connectivity index is 1.75. The Bertz CT molecular complexity index is 2070. The number of aromatic nitrogens is 4. The van der Waals surface area contributed by atoms with Crippen LogP contribution in [-0.4, -0.2) is 84.2 Å². The van der Waals surface area contributed by atoms with E-state index in [4.69, 9.17) is 18.0 Å². The van der Waals surface area contributed by atoms with Gasteiger partial charge in [-0.25, -0.2) is 8.42 Å². The smallest absolute Gasteiger partial charge is 0.272 e. The summed E-state index contributed by atoms with van der Waals surface area (Å²) < 4.78 is 58.4. The molecule has 0 bridgehead atoms. The lowest BCUT2D eigenvalue weighted by molar-refractivity contribution is -0.0235. The van der Waals surface area contributed by atoms with E-state index in [9.17, 15) is 8.42 Å². The van der Waals surface area contributed by atoms with E-state index in [1.54, 1.807) is 12.1 Å². The number of sulfone groups is 1. The third-order valence-electron chi connectivity index (χ3n) is 13.2. The minimum Gasteiger partial charge on any atom is -0.493 e. The van der Waals surface area contributed by atoms with E-state index in [1.165, 1.54) is 4.68 Å². The Hall–Kier alpha value is -2.73. The van der Waals surface area contributed by atoms with Gasteiger partial charge in [-0.3, -0.25) is 0 Å². The molecule has 0 aliphatic carbocycles. The number of nitrogens with zero attached hydrogens (tertiary/aromatic N) is 4. The van der Waals surface area contributed by atoms with Gasteiger partial charge in [0, 0.05) is 11.8 Å². The second-order valence-corrected chi connectivity index (χ2v) is 37.2. The van der Waals surface area contributed by atoms with Crippen molar-refractivity contribution in [2.75, 3.05) is 12.4 Å². The molecule has 10 nitrogen and oxygen atoms in total. The van der Waals surface area contributed by atoms with Gasteiger partial charge in [0.15, 0.2) is 25.0 Å². The standard InChI is InChI=1S/C45H74N4O6SSi3/c1-34(30-32-56(50,51)42-46-47-48-49(42)36-25-18-17-19-26-36)41(55-59(15,16)45(8,9)10)40(54-58(13,14)44(5,6)7)33-37(53-57(11,12)43(2,3)4)29-31-52-39-28-22-24-35-23-20-21-27-38(35)39/h17-28,34,37,40-41H,29-33H2,1-16H3/t34-,37-,40-,41+/m0/s1. The van der Waals surface area contributed by atoms with Crippen LogP contribution in [-0.2, 0) is 23.1 Å². The Kier molecular flexibility index (Phi) is 15.5. The molecule has 59 heavy (non-hydrogen) atoms. The topological polar surface area (TPSA) is 115 Å². The summed E-state index contributed by atoms with van der Waals surface area (Å²) in [6.45, 7) is 36.6. The molecule has 3 aromatic carbocycles. The minimum absolute atomic E-state index is 0.0224. The maximum atomic E-state index is 14.1. The number of para-hydroxylation sites is 1. The van der Waals surface area contributed by atoms with Crippen molar-refractivity contribution in [3.63, 3.8) is 0 Å². The van der Waals surface area contributed by atoms with E-state index >= 15 is 0 Å². The van der Waals surface area contributed by atoms with Gasteiger partial charge in [0.05, 0.1) is 36.4 Å². The van der Waals surface area contributed by atoms with Gasteiger partial charge in [0.1, 0.15) is 5.75 Å². The first kappa shape index (κ1) is 48.9. The minimum atomic E-state index is -3.88. The summed E-state index contributed by atoms with van der Waals surface area (Å²) >= 11 is 0. The molecule has 0 spiro atoms. The van der Waals surface area contributed by atoms with Crippen LogP contribution in [0, 0.1) is 5.92 Å². The van der Waals surface area contributed by atoms with Crippen LogP contribution >= 0.6 is 0 Å². The third kappa shape index (κ3) is 12.4. The SMILES string of the molecule is C[C@@H](CCS(=O)(=O)c1nnnn1-c1ccccc1)[C@@H](O[Si](C)(C)C(C)(C)C)[C@H](C[C@H](CCOc1cccc2ccccc12)O[Si](C)(C)C(C)(C)C)O[Si](C)(C)C(C)(C)C. The zero-order valence-electron chi connectivity index (χ0n) is 38.9. The van der Waals surface area contributed by atoms with Crippen molar-refractivity contribution in [1.29, 1.82) is 0 Å². The van der Waals surface area contributed by atoms with Crippen molar-refractivity contribution in [1.82, 2.24) is 20.2 Å². The molecule has 4 aromatic rings. The van der Waals surface area contributed by atoms with Crippen molar-refractivity contribution < 1.29 is 26.4 Å². The Morgan fingerprint density at radius 2 is 1.22 bits per heavy atom. The number of hydrogen-bond donors (Lipinski definition) is 0. The largest absolute Gasteiger partial charge is 0.493 e. The molecule has 0 amide bonds. The van der Waals surface area contributed by atoms with Crippen LogP contribution in [0.5, 0.6) is 5.75 Å². The lowest BCUT2D eigenvalue weighted by Crippen LogP contribution is -2.55. The van der Waals surface area contributed by atoms with Crippen LogP contribution in [0.15, 0.2) is 78.0 Å². The summed E-state index contributed by atoms with van der Waals surface area (Å²) in [4.78, 5) is 0. The number of benzene rings is 3. The molecule has 0 radical (unpaired) electrons. The molecular formula is C45H74N4O6SSi3. The van der Waals surface area contributed by atoms with Crippen molar-refractivity contribution in [2.24, 2.45) is 5.92 Å². The number of tetrazole rings is 1. The Labute approximate surface area is 359 Å². The maximum Gasteiger partial charge on any atom is 0.272 e. The first-order valence-electron chi connectivity index (χ1n) is 21.3. The molecule has 0 aliphatic heterocycles. The highest BCUT2D eigenvalue weighted by atomic mass is 32.2. The van der Waals surface area contributed by atoms with Gasteiger partial charge >= 0.3 is 0 Å². The lowest BCUT2D eigenvalue weighted by Gasteiger charge is -2.48. The van der Waals surface area contributed by atoms with Gasteiger partial charge in [0.2, 0.25) is 9.84 Å². The van der Waals surface area contributed by atoms with Crippen LogP contribution < -0.4 is 4.74 Å². The molecule has 1 heterocycles. The maximum absolute atomic E-state index is 14.1. The fourth-order valence-corrected chi connectivity index (χ4v) is 11.9. The number of ether oxygens (including phenoxy) is 1. The highest BCUT2D eigenvalue weighted by Crippen LogP contribution is 2.44. The van der Waals surface area contributed by atoms with E-state index in [-0.39, 0.29) is 44.1 Å². The third-order valence-corrected chi connectivity index (χ3v) is 28.3. The van der Waals surface area contributed by atoms with E-state index in [1.807, 2.05) is 42.5 Å². The summed E-state index contributed by atoms with van der Waals surface area (Å²) in [6.07, 6.45) is 0.598. The van der Waals surface area contributed by atoms with E-state index in [0.29, 0.717) is 31.6 Å². The molecule has 14 heteroatoms. The number of hydrogen-bond acceptors (Lipinski definition) is 9. The van der Waals surface area contributed by atoms with Crippen molar-refractivity contribution in [2.45, 2.75) is 166 Å². The van der Waals surface area contributed by atoms with Gasteiger partial charge in [-0.1, -0.05) is 129 Å². The highest BCUT2D eigenvalue weighted by Gasteiger charge is 2.48. The summed E-state index contributed by atoms with van der Waals surface area (Å²) in [5, 5.41) is 13.7. The average molecular weight is 883 g/mol. The van der Waals surface area contributed by atoms with E-state index in [2.05, 4.69) is 142 Å². The quantitative estimate of drug-likeness (QED) is 0.0849. The van der Waals surface area contributed by atoms with Gasteiger partial charge < -0.3 is 18.0 Å². The molecule has 0 fully saturated rings. The molecule has 4 atom stereocenters. The van der Waals surface area contributed by atoms with E-state index in [0.717, 1.165) is 16.5 Å². The predicted molar refractivity (Wildman–Crippen MR) is 250 cm³/mol. The van der Waals surface area contributed by atoms with Crippen LogP contribution in [0.1, 0.15) is 88.5 Å². The van der Waals surface area contributed by atoms with Crippen LogP contribution in [0.3, 0.4) is 0 Å². The summed E-state index contributed by atoms with van der Waals surface area (Å²) in [7, 11) is -11.0. The van der Waals surface area contributed by atoms with Crippen molar-refractivity contribution in [3.05, 3.63) is 72.8 Å². The molecule has 328 valence electrons. The van der Waals surface area contributed by atoms with Gasteiger partial charge in [0.25, 0.3) is 5.16 Å². The normalized spacial score (nSPS) is 15.9. The number of rotatable bonds is 19. The van der Waals surface area contributed by atoms with Gasteiger partial charge in [-0.2, -0.15) is 4.68 Å². The predicted octanol–water partition coefficient (Wildman–Crippen LogP) is 11.6. The molecule has 0 unspecified atom stereocenters. The van der Waals surface area contributed by atoms with Crippen molar-refractivity contribution >= 4 is 45.6 Å². The Morgan fingerprint density at radius 1 is 0.678 bits per heavy atom. The average Bonchev–Trinajstić information content (AvgIpc) is 3.63. The van der Waals surface area contributed by atoms with Crippen LogP contribution in [0.25, 0.3) is 16.5 Å².